The van der Waals surface area contributed by atoms with E-state index in [-0.39, 0.29) is 5.78 Å². The monoisotopic (exact) mass is 275 g/mol. The number of aromatic nitrogens is 1. The standard InChI is InChI=1S/C18H13NO2/c20-18(17-10-12-4-1-2-7-16(12)21-17)15-6-3-5-13-11-19-9-8-14(13)15/h1-9,11,17H,10H2. The molecule has 0 amide bonds. The van der Waals surface area contributed by atoms with Crippen LogP contribution in [0.1, 0.15) is 15.9 Å². The average molecular weight is 275 g/mol. The molecule has 3 heteroatoms. The summed E-state index contributed by atoms with van der Waals surface area (Å²) < 4.78 is 5.81. The van der Waals surface area contributed by atoms with Gasteiger partial charge in [0.2, 0.25) is 5.78 Å². The lowest BCUT2D eigenvalue weighted by Crippen LogP contribution is -2.25. The Labute approximate surface area is 122 Å². The zero-order chi connectivity index (χ0) is 14.2. The molecule has 1 aromatic heterocycles. The number of pyridine rings is 1. The van der Waals surface area contributed by atoms with Gasteiger partial charge in [0, 0.05) is 29.8 Å². The highest BCUT2D eigenvalue weighted by Crippen LogP contribution is 2.30. The van der Waals surface area contributed by atoms with Crippen LogP contribution in [0.2, 0.25) is 0 Å². The molecule has 4 rings (SSSR count). The van der Waals surface area contributed by atoms with Crippen LogP contribution in [0.4, 0.5) is 0 Å². The molecule has 0 fully saturated rings. The predicted octanol–water partition coefficient (Wildman–Crippen LogP) is 3.42. The van der Waals surface area contributed by atoms with Gasteiger partial charge in [-0.15, -0.1) is 0 Å². The minimum absolute atomic E-state index is 0.0306. The van der Waals surface area contributed by atoms with Gasteiger partial charge in [-0.05, 0) is 23.1 Å². The lowest BCUT2D eigenvalue weighted by molar-refractivity contribution is 0.0826. The second-order valence-corrected chi connectivity index (χ2v) is 5.18. The fraction of sp³-hybridized carbons (Fsp3) is 0.111. The lowest BCUT2D eigenvalue weighted by Gasteiger charge is -2.11. The van der Waals surface area contributed by atoms with Crippen LogP contribution in [-0.2, 0) is 6.42 Å². The van der Waals surface area contributed by atoms with E-state index in [1.165, 1.54) is 0 Å². The maximum absolute atomic E-state index is 12.8. The molecule has 1 unspecified atom stereocenters. The fourth-order valence-electron chi connectivity index (χ4n) is 2.84. The summed E-state index contributed by atoms with van der Waals surface area (Å²) >= 11 is 0. The van der Waals surface area contributed by atoms with E-state index < -0.39 is 6.10 Å². The third-order valence-electron chi connectivity index (χ3n) is 3.89. The first kappa shape index (κ1) is 12.1. The van der Waals surface area contributed by atoms with Gasteiger partial charge >= 0.3 is 0 Å². The van der Waals surface area contributed by atoms with Gasteiger partial charge in [0.05, 0.1) is 0 Å². The number of benzene rings is 2. The number of ketones is 1. The SMILES string of the molecule is O=C(c1cccc2cnccc12)C1Cc2ccccc2O1. The van der Waals surface area contributed by atoms with Crippen LogP contribution >= 0.6 is 0 Å². The molecule has 0 radical (unpaired) electrons. The summed E-state index contributed by atoms with van der Waals surface area (Å²) in [4.78, 5) is 16.9. The number of fused-ring (bicyclic) bond motifs is 2. The zero-order valence-electron chi connectivity index (χ0n) is 11.3. The molecule has 21 heavy (non-hydrogen) atoms. The summed E-state index contributed by atoms with van der Waals surface area (Å²) in [6.45, 7) is 0. The van der Waals surface area contributed by atoms with Crippen molar-refractivity contribution in [3.05, 3.63) is 72.1 Å². The van der Waals surface area contributed by atoms with Crippen molar-refractivity contribution >= 4 is 16.6 Å². The Hall–Kier alpha value is -2.68. The Morgan fingerprint density at radius 1 is 1.10 bits per heavy atom. The number of para-hydroxylation sites is 1. The van der Waals surface area contributed by atoms with Gasteiger partial charge in [0.1, 0.15) is 5.75 Å². The van der Waals surface area contributed by atoms with E-state index in [4.69, 9.17) is 4.74 Å². The third kappa shape index (κ3) is 1.98. The fourth-order valence-corrected chi connectivity index (χ4v) is 2.84. The topological polar surface area (TPSA) is 39.2 Å². The number of rotatable bonds is 2. The normalized spacial score (nSPS) is 16.5. The van der Waals surface area contributed by atoms with E-state index in [1.54, 1.807) is 12.4 Å². The molecule has 1 atom stereocenters. The number of hydrogen-bond acceptors (Lipinski definition) is 3. The summed E-state index contributed by atoms with van der Waals surface area (Å²) in [6, 6.07) is 15.4. The van der Waals surface area contributed by atoms with Crippen LogP contribution in [-0.4, -0.2) is 16.9 Å². The highest BCUT2D eigenvalue weighted by atomic mass is 16.5. The summed E-state index contributed by atoms with van der Waals surface area (Å²) in [7, 11) is 0. The Morgan fingerprint density at radius 2 is 2.00 bits per heavy atom. The number of carbonyl (C=O) groups is 1. The molecule has 0 aliphatic carbocycles. The number of hydrogen-bond donors (Lipinski definition) is 0. The second kappa shape index (κ2) is 4.70. The van der Waals surface area contributed by atoms with Crippen molar-refractivity contribution in [2.24, 2.45) is 0 Å². The minimum atomic E-state index is -0.429. The van der Waals surface area contributed by atoms with E-state index in [0.29, 0.717) is 12.0 Å². The quantitative estimate of drug-likeness (QED) is 0.673. The maximum Gasteiger partial charge on any atom is 0.204 e. The van der Waals surface area contributed by atoms with Gasteiger partial charge in [-0.25, -0.2) is 0 Å². The summed E-state index contributed by atoms with van der Waals surface area (Å²) in [6.07, 6.45) is 3.69. The molecule has 3 nitrogen and oxygen atoms in total. The largest absolute Gasteiger partial charge is 0.482 e. The zero-order valence-corrected chi connectivity index (χ0v) is 11.3. The minimum Gasteiger partial charge on any atom is -0.482 e. The van der Waals surface area contributed by atoms with E-state index >= 15 is 0 Å². The molecular weight excluding hydrogens is 262 g/mol. The molecule has 2 heterocycles. The van der Waals surface area contributed by atoms with Crippen molar-refractivity contribution in [3.8, 4) is 5.75 Å². The molecule has 102 valence electrons. The molecule has 0 N–H and O–H groups in total. The van der Waals surface area contributed by atoms with E-state index in [9.17, 15) is 4.79 Å². The molecule has 3 aromatic rings. The Kier molecular flexibility index (Phi) is 2.71. The first-order valence-electron chi connectivity index (χ1n) is 6.94. The molecular formula is C18H13NO2. The van der Waals surface area contributed by atoms with E-state index in [0.717, 1.165) is 22.1 Å². The first-order valence-corrected chi connectivity index (χ1v) is 6.94. The Morgan fingerprint density at radius 3 is 2.90 bits per heavy atom. The van der Waals surface area contributed by atoms with Gasteiger partial charge in [0.25, 0.3) is 0 Å². The average Bonchev–Trinajstić information content (AvgIpc) is 2.97. The summed E-state index contributed by atoms with van der Waals surface area (Å²) in [5, 5.41) is 1.90. The molecule has 0 bridgehead atoms. The first-order chi connectivity index (χ1) is 10.3. The number of carbonyl (C=O) groups excluding carboxylic acids is 1. The third-order valence-corrected chi connectivity index (χ3v) is 3.89. The van der Waals surface area contributed by atoms with Crippen molar-refractivity contribution in [1.29, 1.82) is 0 Å². The molecule has 1 aliphatic rings. The van der Waals surface area contributed by atoms with Crippen LogP contribution in [0.25, 0.3) is 10.8 Å². The summed E-state index contributed by atoms with van der Waals surface area (Å²) in [5.41, 5.74) is 1.80. The van der Waals surface area contributed by atoms with Gasteiger partial charge in [0.15, 0.2) is 6.10 Å². The van der Waals surface area contributed by atoms with Crippen molar-refractivity contribution < 1.29 is 9.53 Å². The molecule has 0 saturated heterocycles. The van der Waals surface area contributed by atoms with E-state index in [2.05, 4.69) is 4.98 Å². The molecule has 0 spiro atoms. The van der Waals surface area contributed by atoms with Gasteiger partial charge in [-0.3, -0.25) is 9.78 Å². The Balaban J connectivity index is 1.72. The van der Waals surface area contributed by atoms with Crippen LogP contribution < -0.4 is 4.74 Å². The van der Waals surface area contributed by atoms with Crippen LogP contribution in [0, 0.1) is 0 Å². The lowest BCUT2D eigenvalue weighted by atomic mass is 9.97. The second-order valence-electron chi connectivity index (χ2n) is 5.18. The van der Waals surface area contributed by atoms with Crippen molar-refractivity contribution in [2.45, 2.75) is 12.5 Å². The smallest absolute Gasteiger partial charge is 0.204 e. The molecule has 2 aromatic carbocycles. The van der Waals surface area contributed by atoms with Gasteiger partial charge < -0.3 is 4.74 Å². The highest BCUT2D eigenvalue weighted by molar-refractivity contribution is 6.10. The highest BCUT2D eigenvalue weighted by Gasteiger charge is 2.30. The van der Waals surface area contributed by atoms with Crippen LogP contribution in [0.5, 0.6) is 5.75 Å². The van der Waals surface area contributed by atoms with E-state index in [1.807, 2.05) is 48.5 Å². The van der Waals surface area contributed by atoms with Gasteiger partial charge in [-0.2, -0.15) is 0 Å². The predicted molar refractivity (Wildman–Crippen MR) is 80.6 cm³/mol. The van der Waals surface area contributed by atoms with Crippen LogP contribution in [0.3, 0.4) is 0 Å². The van der Waals surface area contributed by atoms with Crippen molar-refractivity contribution in [1.82, 2.24) is 4.98 Å². The van der Waals surface area contributed by atoms with Crippen molar-refractivity contribution in [3.63, 3.8) is 0 Å². The summed E-state index contributed by atoms with van der Waals surface area (Å²) in [5.74, 6) is 0.848. The van der Waals surface area contributed by atoms with Crippen molar-refractivity contribution in [2.75, 3.05) is 0 Å². The number of nitrogens with zero attached hydrogens (tertiary/aromatic N) is 1. The van der Waals surface area contributed by atoms with Crippen LogP contribution in [0.15, 0.2) is 60.9 Å². The van der Waals surface area contributed by atoms with Gasteiger partial charge in [-0.1, -0.05) is 36.4 Å². The maximum atomic E-state index is 12.8. The molecule has 1 aliphatic heterocycles. The number of ether oxygens (including phenoxy) is 1. The Bertz CT molecular complexity index is 811. The number of Topliss-reactive ketones (excluding diaryl/α,β-unsaturated/α-hetero) is 1. The molecule has 0 saturated carbocycles.